The van der Waals surface area contributed by atoms with Gasteiger partial charge in [0, 0.05) is 0 Å². The predicted molar refractivity (Wildman–Crippen MR) is 55.5 cm³/mol. The first-order valence-electron chi connectivity index (χ1n) is 4.73. The molecule has 1 fully saturated rings. The summed E-state index contributed by atoms with van der Waals surface area (Å²) in [7, 11) is 0. The van der Waals surface area contributed by atoms with E-state index in [1.54, 1.807) is 0 Å². The molecule has 1 aromatic rings. The Labute approximate surface area is 88.8 Å². The molecule has 1 heterocycles. The summed E-state index contributed by atoms with van der Waals surface area (Å²) in [6.07, 6.45) is 0.434. The van der Waals surface area contributed by atoms with Gasteiger partial charge in [-0.2, -0.15) is 0 Å². The molecule has 1 aliphatic rings. The Morgan fingerprint density at radius 2 is 2.00 bits per heavy atom. The standard InChI is InChI=1S/C11H13ClO2/c12-6-10-11(14-10)8-13-7-9-4-2-1-3-5-9/h1-5,10-11H,6-8H2/t10-,11+/m1/s1. The first-order valence-corrected chi connectivity index (χ1v) is 5.26. The van der Waals surface area contributed by atoms with E-state index in [0.717, 1.165) is 0 Å². The zero-order valence-corrected chi connectivity index (χ0v) is 8.61. The van der Waals surface area contributed by atoms with Gasteiger partial charge in [0.1, 0.15) is 12.2 Å². The maximum Gasteiger partial charge on any atom is 0.109 e. The number of epoxide rings is 1. The molecule has 0 aliphatic carbocycles. The van der Waals surface area contributed by atoms with Gasteiger partial charge in [-0.05, 0) is 5.56 Å². The van der Waals surface area contributed by atoms with Crippen LogP contribution in [0.15, 0.2) is 30.3 Å². The van der Waals surface area contributed by atoms with Gasteiger partial charge in [-0.3, -0.25) is 0 Å². The van der Waals surface area contributed by atoms with E-state index in [2.05, 4.69) is 0 Å². The van der Waals surface area contributed by atoms with E-state index < -0.39 is 0 Å². The number of alkyl halides is 1. The normalized spacial score (nSPS) is 24.9. The topological polar surface area (TPSA) is 21.8 Å². The van der Waals surface area contributed by atoms with E-state index in [1.807, 2.05) is 30.3 Å². The molecule has 14 heavy (non-hydrogen) atoms. The number of ether oxygens (including phenoxy) is 2. The molecule has 0 saturated carbocycles. The Morgan fingerprint density at radius 3 is 2.64 bits per heavy atom. The molecule has 0 aromatic heterocycles. The van der Waals surface area contributed by atoms with Crippen molar-refractivity contribution in [1.29, 1.82) is 0 Å². The van der Waals surface area contributed by atoms with Gasteiger partial charge in [0.05, 0.1) is 19.1 Å². The van der Waals surface area contributed by atoms with Crippen LogP contribution in [0.25, 0.3) is 0 Å². The van der Waals surface area contributed by atoms with Crippen molar-refractivity contribution in [2.45, 2.75) is 18.8 Å². The van der Waals surface area contributed by atoms with E-state index in [-0.39, 0.29) is 12.2 Å². The maximum atomic E-state index is 5.61. The fourth-order valence-corrected chi connectivity index (χ4v) is 1.60. The lowest BCUT2D eigenvalue weighted by molar-refractivity contribution is 0.104. The highest BCUT2D eigenvalue weighted by molar-refractivity contribution is 6.18. The Kier molecular flexibility index (Phi) is 3.40. The molecule has 1 aliphatic heterocycles. The van der Waals surface area contributed by atoms with E-state index >= 15 is 0 Å². The van der Waals surface area contributed by atoms with Crippen LogP contribution in [0.4, 0.5) is 0 Å². The summed E-state index contributed by atoms with van der Waals surface area (Å²) in [4.78, 5) is 0. The van der Waals surface area contributed by atoms with Crippen molar-refractivity contribution in [2.24, 2.45) is 0 Å². The average molecular weight is 213 g/mol. The fourth-order valence-electron chi connectivity index (χ4n) is 1.33. The number of benzene rings is 1. The van der Waals surface area contributed by atoms with Crippen molar-refractivity contribution < 1.29 is 9.47 Å². The minimum atomic E-state index is 0.215. The molecule has 0 amide bonds. The first kappa shape index (κ1) is 9.97. The SMILES string of the molecule is ClC[C@H]1O[C@H]1COCc1ccccc1. The van der Waals surface area contributed by atoms with Gasteiger partial charge >= 0.3 is 0 Å². The molecular formula is C11H13ClO2. The quantitative estimate of drug-likeness (QED) is 0.552. The summed E-state index contributed by atoms with van der Waals surface area (Å²) in [6.45, 7) is 1.29. The van der Waals surface area contributed by atoms with Crippen molar-refractivity contribution >= 4 is 11.6 Å². The molecule has 2 atom stereocenters. The summed E-state index contributed by atoms with van der Waals surface area (Å²) in [5.41, 5.74) is 1.19. The zero-order valence-electron chi connectivity index (χ0n) is 7.86. The molecule has 1 aromatic carbocycles. The number of halogens is 1. The molecule has 1 saturated heterocycles. The summed E-state index contributed by atoms with van der Waals surface area (Å²) >= 11 is 5.61. The second kappa shape index (κ2) is 4.78. The number of rotatable bonds is 5. The molecule has 3 heteroatoms. The van der Waals surface area contributed by atoms with Crippen molar-refractivity contribution in [3.8, 4) is 0 Å². The smallest absolute Gasteiger partial charge is 0.109 e. The highest BCUT2D eigenvalue weighted by Gasteiger charge is 2.37. The van der Waals surface area contributed by atoms with E-state index in [9.17, 15) is 0 Å². The minimum Gasteiger partial charge on any atom is -0.374 e. The van der Waals surface area contributed by atoms with Crippen molar-refractivity contribution in [1.82, 2.24) is 0 Å². The third kappa shape index (κ3) is 2.71. The van der Waals surface area contributed by atoms with Crippen molar-refractivity contribution in [3.63, 3.8) is 0 Å². The monoisotopic (exact) mass is 212 g/mol. The van der Waals surface area contributed by atoms with Crippen LogP contribution in [0, 0.1) is 0 Å². The fraction of sp³-hybridized carbons (Fsp3) is 0.455. The highest BCUT2D eigenvalue weighted by Crippen LogP contribution is 2.23. The minimum absolute atomic E-state index is 0.215. The van der Waals surface area contributed by atoms with Gasteiger partial charge in [0.2, 0.25) is 0 Å². The van der Waals surface area contributed by atoms with Crippen molar-refractivity contribution in [2.75, 3.05) is 12.5 Å². The lowest BCUT2D eigenvalue weighted by Crippen LogP contribution is -2.05. The highest BCUT2D eigenvalue weighted by atomic mass is 35.5. The van der Waals surface area contributed by atoms with Gasteiger partial charge < -0.3 is 9.47 Å². The van der Waals surface area contributed by atoms with Crippen LogP contribution >= 0.6 is 11.6 Å². The summed E-state index contributed by atoms with van der Waals surface area (Å²) in [6, 6.07) is 10.1. The van der Waals surface area contributed by atoms with Gasteiger partial charge in [-0.1, -0.05) is 30.3 Å². The Bertz CT molecular complexity index is 276. The average Bonchev–Trinajstić information content (AvgIpc) is 2.98. The van der Waals surface area contributed by atoms with Crippen LogP contribution in [0.1, 0.15) is 5.56 Å². The van der Waals surface area contributed by atoms with E-state index in [0.29, 0.717) is 19.1 Å². The van der Waals surface area contributed by atoms with Gasteiger partial charge in [0.25, 0.3) is 0 Å². The molecule has 2 rings (SSSR count). The van der Waals surface area contributed by atoms with Crippen LogP contribution in [0.3, 0.4) is 0 Å². The van der Waals surface area contributed by atoms with Gasteiger partial charge in [-0.25, -0.2) is 0 Å². The summed E-state index contributed by atoms with van der Waals surface area (Å²) in [5, 5.41) is 0. The van der Waals surface area contributed by atoms with E-state index in [4.69, 9.17) is 21.1 Å². The Balaban J connectivity index is 1.64. The predicted octanol–water partition coefficient (Wildman–Crippen LogP) is 2.21. The Hall–Kier alpha value is -0.570. The summed E-state index contributed by atoms with van der Waals surface area (Å²) in [5.74, 6) is 0.569. The largest absolute Gasteiger partial charge is 0.374 e. The van der Waals surface area contributed by atoms with Crippen LogP contribution in [-0.2, 0) is 16.1 Å². The second-order valence-corrected chi connectivity index (χ2v) is 3.68. The van der Waals surface area contributed by atoms with E-state index in [1.165, 1.54) is 5.56 Å². The molecule has 0 radical (unpaired) electrons. The maximum absolute atomic E-state index is 5.61. The lowest BCUT2D eigenvalue weighted by Gasteiger charge is -2.01. The third-order valence-electron chi connectivity index (χ3n) is 2.23. The number of hydrogen-bond donors (Lipinski definition) is 0. The molecule has 0 bridgehead atoms. The second-order valence-electron chi connectivity index (χ2n) is 3.37. The van der Waals surface area contributed by atoms with Crippen molar-refractivity contribution in [3.05, 3.63) is 35.9 Å². The van der Waals surface area contributed by atoms with Crippen LogP contribution in [0.2, 0.25) is 0 Å². The molecule has 2 nitrogen and oxygen atoms in total. The molecule has 0 spiro atoms. The van der Waals surface area contributed by atoms with Crippen LogP contribution in [-0.4, -0.2) is 24.7 Å². The molecule has 0 N–H and O–H groups in total. The van der Waals surface area contributed by atoms with Gasteiger partial charge in [0.15, 0.2) is 0 Å². The molecule has 76 valence electrons. The number of hydrogen-bond acceptors (Lipinski definition) is 2. The van der Waals surface area contributed by atoms with Crippen LogP contribution < -0.4 is 0 Å². The Morgan fingerprint density at radius 1 is 1.21 bits per heavy atom. The van der Waals surface area contributed by atoms with Crippen LogP contribution in [0.5, 0.6) is 0 Å². The molecular weight excluding hydrogens is 200 g/mol. The third-order valence-corrected chi connectivity index (χ3v) is 2.54. The van der Waals surface area contributed by atoms with Gasteiger partial charge in [-0.15, -0.1) is 11.6 Å². The molecule has 0 unspecified atom stereocenters. The first-order chi connectivity index (χ1) is 6.90. The lowest BCUT2D eigenvalue weighted by atomic mass is 10.2. The zero-order chi connectivity index (χ0) is 9.80. The summed E-state index contributed by atoms with van der Waals surface area (Å²) < 4.78 is 10.7.